The van der Waals surface area contributed by atoms with Crippen LogP contribution in [-0.4, -0.2) is 24.6 Å². The number of benzene rings is 1. The third kappa shape index (κ3) is 2.42. The summed E-state index contributed by atoms with van der Waals surface area (Å²) in [6, 6.07) is 6.71. The fourth-order valence-electron chi connectivity index (χ4n) is 1.51. The molecule has 6 heteroatoms. The summed E-state index contributed by atoms with van der Waals surface area (Å²) >= 11 is 0. The first-order valence-electron chi connectivity index (χ1n) is 4.85. The van der Waals surface area contributed by atoms with Crippen LogP contribution in [0.3, 0.4) is 0 Å². The van der Waals surface area contributed by atoms with Crippen molar-refractivity contribution in [3.8, 4) is 11.1 Å². The summed E-state index contributed by atoms with van der Waals surface area (Å²) in [5.74, 6) is 0.158. The minimum atomic E-state index is -3.28. The number of hydrogen-bond acceptors (Lipinski definition) is 5. The van der Waals surface area contributed by atoms with Gasteiger partial charge in [0.15, 0.2) is 9.84 Å². The Balaban J connectivity index is 2.64. The van der Waals surface area contributed by atoms with Crippen LogP contribution in [-0.2, 0) is 9.84 Å². The number of nitrogens with zero attached hydrogens (tertiary/aromatic N) is 2. The summed E-state index contributed by atoms with van der Waals surface area (Å²) in [4.78, 5) is 7.96. The van der Waals surface area contributed by atoms with E-state index >= 15 is 0 Å². The van der Waals surface area contributed by atoms with Crippen LogP contribution in [0.1, 0.15) is 0 Å². The molecular formula is C11H11N3O2S. The van der Waals surface area contributed by atoms with Crippen molar-refractivity contribution in [1.82, 2.24) is 9.97 Å². The Morgan fingerprint density at radius 2 is 1.71 bits per heavy atom. The molecule has 88 valence electrons. The third-order valence-electron chi connectivity index (χ3n) is 2.27. The van der Waals surface area contributed by atoms with Crippen LogP contribution in [0.4, 0.5) is 5.95 Å². The van der Waals surface area contributed by atoms with E-state index in [2.05, 4.69) is 9.97 Å². The number of nitrogens with two attached hydrogens (primary N) is 1. The van der Waals surface area contributed by atoms with Crippen molar-refractivity contribution < 1.29 is 8.42 Å². The summed E-state index contributed by atoms with van der Waals surface area (Å²) < 4.78 is 23.3. The van der Waals surface area contributed by atoms with Gasteiger partial charge in [-0.15, -0.1) is 0 Å². The normalized spacial score (nSPS) is 11.4. The number of nitrogen functional groups attached to an aromatic ring is 1. The second-order valence-corrected chi connectivity index (χ2v) is 5.58. The maximum absolute atomic E-state index is 11.6. The van der Waals surface area contributed by atoms with Gasteiger partial charge >= 0.3 is 0 Å². The molecule has 0 bridgehead atoms. The Morgan fingerprint density at radius 3 is 2.29 bits per heavy atom. The van der Waals surface area contributed by atoms with Crippen molar-refractivity contribution in [2.45, 2.75) is 4.90 Å². The summed E-state index contributed by atoms with van der Waals surface area (Å²) in [6.45, 7) is 0. The lowest BCUT2D eigenvalue weighted by Gasteiger charge is -2.07. The highest BCUT2D eigenvalue weighted by Crippen LogP contribution is 2.26. The van der Waals surface area contributed by atoms with Crippen LogP contribution in [0.5, 0.6) is 0 Å². The highest BCUT2D eigenvalue weighted by molar-refractivity contribution is 7.90. The molecule has 0 fully saturated rings. The summed E-state index contributed by atoms with van der Waals surface area (Å²) in [7, 11) is -3.28. The number of anilines is 1. The summed E-state index contributed by atoms with van der Waals surface area (Å²) in [5.41, 5.74) is 6.59. The van der Waals surface area contributed by atoms with E-state index in [0.717, 1.165) is 0 Å². The highest BCUT2D eigenvalue weighted by Gasteiger charge is 2.14. The predicted molar refractivity (Wildman–Crippen MR) is 65.0 cm³/mol. The predicted octanol–water partition coefficient (Wildman–Crippen LogP) is 1.13. The largest absolute Gasteiger partial charge is 0.368 e. The van der Waals surface area contributed by atoms with Crippen molar-refractivity contribution in [3.05, 3.63) is 36.7 Å². The second-order valence-electron chi connectivity index (χ2n) is 3.60. The molecule has 0 saturated heterocycles. The topological polar surface area (TPSA) is 85.9 Å². The molecule has 0 spiro atoms. The molecule has 1 aromatic carbocycles. The minimum absolute atomic E-state index is 0.158. The van der Waals surface area contributed by atoms with Gasteiger partial charge in [0.25, 0.3) is 0 Å². The van der Waals surface area contributed by atoms with Gasteiger partial charge in [-0.05, 0) is 6.07 Å². The Morgan fingerprint density at radius 1 is 1.12 bits per heavy atom. The van der Waals surface area contributed by atoms with Gasteiger partial charge in [-0.1, -0.05) is 18.2 Å². The molecule has 0 aliphatic rings. The molecule has 0 aliphatic heterocycles. The van der Waals surface area contributed by atoms with Gasteiger partial charge in [0, 0.05) is 29.8 Å². The fourth-order valence-corrected chi connectivity index (χ4v) is 2.42. The lowest BCUT2D eigenvalue weighted by atomic mass is 10.1. The van der Waals surface area contributed by atoms with Gasteiger partial charge in [-0.25, -0.2) is 18.4 Å². The fraction of sp³-hybridized carbons (Fsp3) is 0.0909. The molecule has 5 nitrogen and oxygen atoms in total. The molecular weight excluding hydrogens is 238 g/mol. The maximum Gasteiger partial charge on any atom is 0.219 e. The Kier molecular flexibility index (Phi) is 2.81. The highest BCUT2D eigenvalue weighted by atomic mass is 32.2. The van der Waals surface area contributed by atoms with E-state index in [-0.39, 0.29) is 10.8 Å². The van der Waals surface area contributed by atoms with E-state index in [1.54, 1.807) is 24.3 Å². The van der Waals surface area contributed by atoms with Gasteiger partial charge in [-0.2, -0.15) is 0 Å². The second kappa shape index (κ2) is 4.14. The number of hydrogen-bond donors (Lipinski definition) is 1. The quantitative estimate of drug-likeness (QED) is 0.862. The van der Waals surface area contributed by atoms with Crippen LogP contribution in [0.15, 0.2) is 41.6 Å². The molecule has 0 saturated carbocycles. The number of aromatic nitrogens is 2. The Labute approximate surface area is 99.3 Å². The molecule has 2 rings (SSSR count). The molecule has 0 amide bonds. The molecule has 0 atom stereocenters. The summed E-state index contributed by atoms with van der Waals surface area (Å²) in [5, 5.41) is 0. The van der Waals surface area contributed by atoms with Crippen molar-refractivity contribution in [2.24, 2.45) is 0 Å². The van der Waals surface area contributed by atoms with Crippen molar-refractivity contribution in [2.75, 3.05) is 12.0 Å². The molecule has 2 N–H and O–H groups in total. The first kappa shape index (κ1) is 11.5. The molecule has 0 aliphatic carbocycles. The van der Waals surface area contributed by atoms with Crippen LogP contribution in [0.2, 0.25) is 0 Å². The van der Waals surface area contributed by atoms with Gasteiger partial charge < -0.3 is 5.73 Å². The van der Waals surface area contributed by atoms with Crippen LogP contribution >= 0.6 is 0 Å². The van der Waals surface area contributed by atoms with Gasteiger partial charge in [-0.3, -0.25) is 0 Å². The van der Waals surface area contributed by atoms with Crippen molar-refractivity contribution in [1.29, 1.82) is 0 Å². The van der Waals surface area contributed by atoms with Gasteiger partial charge in [0.05, 0.1) is 4.90 Å². The average molecular weight is 249 g/mol. The van der Waals surface area contributed by atoms with Crippen LogP contribution in [0.25, 0.3) is 11.1 Å². The lowest BCUT2D eigenvalue weighted by Crippen LogP contribution is -2.00. The monoisotopic (exact) mass is 249 g/mol. The zero-order chi connectivity index (χ0) is 12.5. The van der Waals surface area contributed by atoms with E-state index in [1.807, 2.05) is 0 Å². The standard InChI is InChI=1S/C11H11N3O2S/c1-17(15,16)10-5-3-2-4-9(10)8-6-13-11(12)14-7-8/h2-7H,1H3,(H2,12,13,14). The lowest BCUT2D eigenvalue weighted by molar-refractivity contribution is 0.602. The van der Waals surface area contributed by atoms with E-state index in [1.165, 1.54) is 18.6 Å². The molecule has 0 radical (unpaired) electrons. The van der Waals surface area contributed by atoms with Crippen LogP contribution < -0.4 is 5.73 Å². The molecule has 1 aromatic heterocycles. The average Bonchev–Trinajstić information content (AvgIpc) is 2.29. The summed E-state index contributed by atoms with van der Waals surface area (Å²) in [6.07, 6.45) is 4.18. The Bertz CT molecular complexity index is 636. The molecule has 0 unspecified atom stereocenters. The number of rotatable bonds is 2. The number of sulfone groups is 1. The first-order chi connectivity index (χ1) is 7.98. The third-order valence-corrected chi connectivity index (χ3v) is 3.42. The zero-order valence-electron chi connectivity index (χ0n) is 9.16. The van der Waals surface area contributed by atoms with Crippen molar-refractivity contribution in [3.63, 3.8) is 0 Å². The molecule has 1 heterocycles. The first-order valence-corrected chi connectivity index (χ1v) is 6.74. The van der Waals surface area contributed by atoms with E-state index in [4.69, 9.17) is 5.73 Å². The maximum atomic E-state index is 11.6. The van der Waals surface area contributed by atoms with Gasteiger partial charge in [0.2, 0.25) is 5.95 Å². The SMILES string of the molecule is CS(=O)(=O)c1ccccc1-c1cnc(N)nc1. The Hall–Kier alpha value is -1.95. The van der Waals surface area contributed by atoms with Gasteiger partial charge in [0.1, 0.15) is 0 Å². The smallest absolute Gasteiger partial charge is 0.219 e. The zero-order valence-corrected chi connectivity index (χ0v) is 9.98. The minimum Gasteiger partial charge on any atom is -0.368 e. The van der Waals surface area contributed by atoms with E-state index in [0.29, 0.717) is 11.1 Å². The van der Waals surface area contributed by atoms with E-state index in [9.17, 15) is 8.42 Å². The van der Waals surface area contributed by atoms with Crippen LogP contribution in [0, 0.1) is 0 Å². The molecule has 2 aromatic rings. The van der Waals surface area contributed by atoms with E-state index < -0.39 is 9.84 Å². The molecule has 17 heavy (non-hydrogen) atoms. The van der Waals surface area contributed by atoms with Crippen molar-refractivity contribution >= 4 is 15.8 Å².